The van der Waals surface area contributed by atoms with Crippen molar-refractivity contribution in [2.45, 2.75) is 6.54 Å². The highest BCUT2D eigenvalue weighted by Crippen LogP contribution is 2.24. The standard InChI is InChI=1S/C21H16Cl2N4O3/c1-29-10-9-27-19-17(25-18(20(27)28)13-5-7-14(22)8-6-13)12-24-21(26-19)30-16-4-2-3-15(23)11-16/h2-8,11-12H,9-10H2,1H3. The molecule has 0 radical (unpaired) electrons. The molecule has 4 rings (SSSR count). The van der Waals surface area contributed by atoms with Gasteiger partial charge in [0.25, 0.3) is 5.56 Å². The van der Waals surface area contributed by atoms with Crippen LogP contribution in [-0.2, 0) is 11.3 Å². The van der Waals surface area contributed by atoms with Crippen molar-refractivity contribution >= 4 is 34.4 Å². The van der Waals surface area contributed by atoms with E-state index in [0.717, 1.165) is 0 Å². The Morgan fingerprint density at radius 2 is 1.83 bits per heavy atom. The highest BCUT2D eigenvalue weighted by Gasteiger charge is 2.16. The summed E-state index contributed by atoms with van der Waals surface area (Å²) in [6.07, 6.45) is 1.52. The van der Waals surface area contributed by atoms with Gasteiger partial charge in [-0.15, -0.1) is 0 Å². The van der Waals surface area contributed by atoms with Gasteiger partial charge in [0, 0.05) is 22.7 Å². The van der Waals surface area contributed by atoms with Crippen LogP contribution in [0.15, 0.2) is 59.5 Å². The Morgan fingerprint density at radius 1 is 1.03 bits per heavy atom. The summed E-state index contributed by atoms with van der Waals surface area (Å²) < 4.78 is 12.4. The fourth-order valence-electron chi connectivity index (χ4n) is 2.89. The van der Waals surface area contributed by atoms with E-state index in [0.29, 0.717) is 45.7 Å². The zero-order valence-corrected chi connectivity index (χ0v) is 17.4. The average molecular weight is 443 g/mol. The number of hydrogen-bond acceptors (Lipinski definition) is 6. The van der Waals surface area contributed by atoms with Gasteiger partial charge in [-0.1, -0.05) is 41.4 Å². The average Bonchev–Trinajstić information content (AvgIpc) is 2.74. The van der Waals surface area contributed by atoms with Gasteiger partial charge >= 0.3 is 6.01 Å². The zero-order chi connectivity index (χ0) is 21.1. The van der Waals surface area contributed by atoms with Gasteiger partial charge in [0.1, 0.15) is 17.0 Å². The van der Waals surface area contributed by atoms with Gasteiger partial charge in [-0.3, -0.25) is 9.36 Å². The number of halogens is 2. The van der Waals surface area contributed by atoms with Gasteiger partial charge in [-0.25, -0.2) is 9.97 Å². The van der Waals surface area contributed by atoms with E-state index >= 15 is 0 Å². The van der Waals surface area contributed by atoms with E-state index in [1.165, 1.54) is 10.8 Å². The molecule has 0 atom stereocenters. The zero-order valence-electron chi connectivity index (χ0n) is 15.9. The van der Waals surface area contributed by atoms with E-state index in [1.54, 1.807) is 55.6 Å². The van der Waals surface area contributed by atoms with E-state index in [1.807, 2.05) is 0 Å². The van der Waals surface area contributed by atoms with Gasteiger partial charge in [-0.05, 0) is 30.3 Å². The van der Waals surface area contributed by atoms with Crippen molar-refractivity contribution in [3.8, 4) is 23.0 Å². The van der Waals surface area contributed by atoms with Gasteiger partial charge < -0.3 is 9.47 Å². The summed E-state index contributed by atoms with van der Waals surface area (Å²) in [4.78, 5) is 26.3. The Hall–Kier alpha value is -3.00. The first kappa shape index (κ1) is 20.3. The fourth-order valence-corrected chi connectivity index (χ4v) is 3.20. The van der Waals surface area contributed by atoms with Crippen LogP contribution in [0.4, 0.5) is 0 Å². The lowest BCUT2D eigenvalue weighted by molar-refractivity contribution is 0.187. The second-order valence-electron chi connectivity index (χ2n) is 6.34. The predicted octanol–water partition coefficient (Wildman–Crippen LogP) is 4.60. The van der Waals surface area contributed by atoms with Crippen molar-refractivity contribution in [2.75, 3.05) is 13.7 Å². The molecule has 0 aliphatic heterocycles. The number of ether oxygens (including phenoxy) is 2. The lowest BCUT2D eigenvalue weighted by Gasteiger charge is -2.12. The largest absolute Gasteiger partial charge is 0.424 e. The molecule has 0 amide bonds. The van der Waals surface area contributed by atoms with E-state index in [-0.39, 0.29) is 17.3 Å². The first-order chi connectivity index (χ1) is 14.5. The maximum atomic E-state index is 13.2. The molecular formula is C21H16Cl2N4O3. The van der Waals surface area contributed by atoms with Crippen LogP contribution >= 0.6 is 23.2 Å². The minimum Gasteiger partial charge on any atom is -0.424 e. The number of aromatic nitrogens is 4. The maximum Gasteiger partial charge on any atom is 0.324 e. The fraction of sp³-hybridized carbons (Fsp3) is 0.143. The molecule has 152 valence electrons. The van der Waals surface area contributed by atoms with Crippen LogP contribution in [0.25, 0.3) is 22.4 Å². The molecule has 0 aliphatic carbocycles. The molecule has 2 heterocycles. The van der Waals surface area contributed by atoms with E-state index in [4.69, 9.17) is 32.7 Å². The molecule has 0 aliphatic rings. The first-order valence-corrected chi connectivity index (χ1v) is 9.76. The van der Waals surface area contributed by atoms with Crippen molar-refractivity contribution in [3.63, 3.8) is 0 Å². The third-order valence-electron chi connectivity index (χ3n) is 4.31. The summed E-state index contributed by atoms with van der Waals surface area (Å²) in [5.74, 6) is 0.485. The first-order valence-electron chi connectivity index (χ1n) is 9.01. The highest BCUT2D eigenvalue weighted by molar-refractivity contribution is 6.30. The molecule has 0 N–H and O–H groups in total. The molecule has 0 unspecified atom stereocenters. The predicted molar refractivity (Wildman–Crippen MR) is 115 cm³/mol. The molecule has 0 bridgehead atoms. The van der Waals surface area contributed by atoms with Crippen molar-refractivity contribution in [1.29, 1.82) is 0 Å². The SMILES string of the molecule is COCCn1c(=O)c(-c2ccc(Cl)cc2)nc2cnc(Oc3cccc(Cl)c3)nc21. The molecule has 9 heteroatoms. The van der Waals surface area contributed by atoms with E-state index < -0.39 is 0 Å². The molecule has 2 aromatic heterocycles. The Labute approximate surface area is 181 Å². The Balaban J connectivity index is 1.83. The third-order valence-corrected chi connectivity index (χ3v) is 4.79. The minimum absolute atomic E-state index is 0.0800. The van der Waals surface area contributed by atoms with Gasteiger partial charge in [0.2, 0.25) is 0 Å². The Bertz CT molecular complexity index is 1260. The monoisotopic (exact) mass is 442 g/mol. The topological polar surface area (TPSA) is 79.1 Å². The Morgan fingerprint density at radius 3 is 2.57 bits per heavy atom. The number of nitrogens with zero attached hydrogens (tertiary/aromatic N) is 4. The van der Waals surface area contributed by atoms with Crippen LogP contribution in [0.5, 0.6) is 11.8 Å². The molecule has 2 aromatic carbocycles. The van der Waals surface area contributed by atoms with Crippen molar-refractivity contribution in [1.82, 2.24) is 19.5 Å². The number of hydrogen-bond donors (Lipinski definition) is 0. The number of fused-ring (bicyclic) bond motifs is 1. The highest BCUT2D eigenvalue weighted by atomic mass is 35.5. The van der Waals surface area contributed by atoms with E-state index in [9.17, 15) is 4.79 Å². The minimum atomic E-state index is -0.297. The number of methoxy groups -OCH3 is 1. The summed E-state index contributed by atoms with van der Waals surface area (Å²) in [6.45, 7) is 0.621. The lowest BCUT2D eigenvalue weighted by Crippen LogP contribution is -2.26. The molecule has 4 aromatic rings. The van der Waals surface area contributed by atoms with Gasteiger partial charge in [0.05, 0.1) is 19.3 Å². The van der Waals surface area contributed by atoms with Crippen LogP contribution in [0.3, 0.4) is 0 Å². The summed E-state index contributed by atoms with van der Waals surface area (Å²) >= 11 is 12.0. The normalized spacial score (nSPS) is 11.0. The molecule has 30 heavy (non-hydrogen) atoms. The smallest absolute Gasteiger partial charge is 0.324 e. The molecule has 0 spiro atoms. The van der Waals surface area contributed by atoms with Crippen molar-refractivity contribution in [2.24, 2.45) is 0 Å². The van der Waals surface area contributed by atoms with E-state index in [2.05, 4.69) is 15.0 Å². The van der Waals surface area contributed by atoms with Crippen LogP contribution < -0.4 is 10.3 Å². The number of benzene rings is 2. The molecular weight excluding hydrogens is 427 g/mol. The molecule has 7 nitrogen and oxygen atoms in total. The summed E-state index contributed by atoms with van der Waals surface area (Å²) in [7, 11) is 1.57. The van der Waals surface area contributed by atoms with Crippen LogP contribution in [0.2, 0.25) is 10.0 Å². The Kier molecular flexibility index (Phi) is 5.94. The molecule has 0 saturated heterocycles. The van der Waals surface area contributed by atoms with Gasteiger partial charge in [0.15, 0.2) is 5.65 Å². The maximum absolute atomic E-state index is 13.2. The third kappa shape index (κ3) is 4.28. The van der Waals surface area contributed by atoms with Crippen LogP contribution in [0.1, 0.15) is 0 Å². The summed E-state index contributed by atoms with van der Waals surface area (Å²) in [5, 5.41) is 1.10. The van der Waals surface area contributed by atoms with Crippen LogP contribution in [0, 0.1) is 0 Å². The second kappa shape index (κ2) is 8.79. The lowest BCUT2D eigenvalue weighted by atomic mass is 10.1. The molecule has 0 saturated carbocycles. The van der Waals surface area contributed by atoms with Crippen molar-refractivity contribution in [3.05, 3.63) is 75.1 Å². The van der Waals surface area contributed by atoms with Crippen molar-refractivity contribution < 1.29 is 9.47 Å². The summed E-state index contributed by atoms with van der Waals surface area (Å²) in [6, 6.07) is 13.9. The second-order valence-corrected chi connectivity index (χ2v) is 7.21. The quantitative estimate of drug-likeness (QED) is 0.434. The molecule has 0 fully saturated rings. The summed E-state index contributed by atoms with van der Waals surface area (Å²) in [5.41, 5.74) is 1.43. The van der Waals surface area contributed by atoms with Crippen LogP contribution in [-0.4, -0.2) is 33.2 Å². The van der Waals surface area contributed by atoms with Gasteiger partial charge in [-0.2, -0.15) is 4.98 Å². The number of rotatable bonds is 6.